The number of aromatic nitrogens is 1. The molecule has 1 saturated heterocycles. The highest BCUT2D eigenvalue weighted by molar-refractivity contribution is 7.89. The highest BCUT2D eigenvalue weighted by atomic mass is 32.2. The van der Waals surface area contributed by atoms with Crippen LogP contribution >= 0.6 is 0 Å². The molecule has 3 heterocycles. The second kappa shape index (κ2) is 9.44. The van der Waals surface area contributed by atoms with Gasteiger partial charge in [0.25, 0.3) is 11.5 Å². The largest absolute Gasteiger partial charge is 0.493 e. The van der Waals surface area contributed by atoms with E-state index in [2.05, 4.69) is 5.32 Å². The number of carbonyl (C=O) groups excluding carboxylic acids is 1. The number of methoxy groups -OCH3 is 2. The number of rotatable bonds is 6. The standard InChI is InChI=1S/C26H27N3O6S/c1-34-23-11-6-18(13-24(23)35-2)26(31)27-20-7-9-21(10-8-20)36(32,33)28-14-17-12-19(16-28)22-4-3-5-25(30)29(22)15-17/h3-11,13,17,19H,12,14-16H2,1-2H3,(H,27,31). The SMILES string of the molecule is COc1ccc(C(=O)Nc2ccc(S(=O)(=O)N3CC4CC(C3)c3cccc(=O)n3C4)cc2)cc1OC. The lowest BCUT2D eigenvalue weighted by atomic mass is 9.84. The van der Waals surface area contributed by atoms with Crippen molar-refractivity contribution in [2.24, 2.45) is 5.92 Å². The minimum atomic E-state index is -3.73. The van der Waals surface area contributed by atoms with Gasteiger partial charge in [0.2, 0.25) is 10.0 Å². The first-order valence-electron chi connectivity index (χ1n) is 11.6. The Hall–Kier alpha value is -3.63. The van der Waals surface area contributed by atoms with E-state index < -0.39 is 10.0 Å². The Kier molecular flexibility index (Phi) is 6.31. The lowest BCUT2D eigenvalue weighted by Crippen LogP contribution is -2.48. The van der Waals surface area contributed by atoms with Crippen molar-refractivity contribution in [3.63, 3.8) is 0 Å². The number of ether oxygens (including phenoxy) is 2. The number of sulfonamides is 1. The maximum absolute atomic E-state index is 13.4. The van der Waals surface area contributed by atoms with Gasteiger partial charge in [-0.15, -0.1) is 0 Å². The first kappa shape index (κ1) is 24.1. The predicted octanol–water partition coefficient (Wildman–Crippen LogP) is 2.93. The second-order valence-corrected chi connectivity index (χ2v) is 11.0. The number of hydrogen-bond acceptors (Lipinski definition) is 6. The minimum Gasteiger partial charge on any atom is -0.493 e. The van der Waals surface area contributed by atoms with Crippen LogP contribution in [0, 0.1) is 5.92 Å². The summed E-state index contributed by atoms with van der Waals surface area (Å²) in [4.78, 5) is 25.1. The first-order chi connectivity index (χ1) is 17.3. The summed E-state index contributed by atoms with van der Waals surface area (Å²) in [5.74, 6) is 0.670. The smallest absolute Gasteiger partial charge is 0.255 e. The van der Waals surface area contributed by atoms with Crippen LogP contribution in [0.25, 0.3) is 0 Å². The number of piperidine rings is 1. The van der Waals surface area contributed by atoms with Crippen LogP contribution in [0.4, 0.5) is 5.69 Å². The molecular formula is C26H27N3O6S. The van der Waals surface area contributed by atoms with Crippen molar-refractivity contribution in [2.45, 2.75) is 23.8 Å². The van der Waals surface area contributed by atoms with E-state index in [1.165, 1.54) is 30.7 Å². The van der Waals surface area contributed by atoms with Crippen LogP contribution in [0.5, 0.6) is 11.5 Å². The summed E-state index contributed by atoms with van der Waals surface area (Å²) < 4.78 is 40.6. The van der Waals surface area contributed by atoms with Crippen LogP contribution < -0.4 is 20.3 Å². The molecule has 2 aliphatic heterocycles. The molecule has 0 saturated carbocycles. The Morgan fingerprint density at radius 1 is 0.944 bits per heavy atom. The van der Waals surface area contributed by atoms with E-state index in [-0.39, 0.29) is 28.2 Å². The van der Waals surface area contributed by atoms with Gasteiger partial charge in [-0.05, 0) is 60.9 Å². The van der Waals surface area contributed by atoms with Gasteiger partial charge in [0.15, 0.2) is 11.5 Å². The number of benzene rings is 2. The lowest BCUT2D eigenvalue weighted by molar-refractivity contribution is 0.102. The van der Waals surface area contributed by atoms with Gasteiger partial charge in [-0.2, -0.15) is 4.31 Å². The number of nitrogens with zero attached hydrogens (tertiary/aromatic N) is 2. The maximum Gasteiger partial charge on any atom is 0.255 e. The zero-order chi connectivity index (χ0) is 25.4. The monoisotopic (exact) mass is 509 g/mol. The van der Waals surface area contributed by atoms with Gasteiger partial charge < -0.3 is 19.4 Å². The molecule has 10 heteroatoms. The molecule has 1 aromatic heterocycles. The topological polar surface area (TPSA) is 107 Å². The van der Waals surface area contributed by atoms with Gasteiger partial charge in [0.05, 0.1) is 19.1 Å². The molecule has 188 valence electrons. The molecule has 2 atom stereocenters. The van der Waals surface area contributed by atoms with Crippen molar-refractivity contribution in [1.29, 1.82) is 0 Å². The van der Waals surface area contributed by atoms with E-state index in [0.29, 0.717) is 42.4 Å². The predicted molar refractivity (Wildman–Crippen MR) is 134 cm³/mol. The number of hydrogen-bond donors (Lipinski definition) is 1. The average Bonchev–Trinajstić information content (AvgIpc) is 2.89. The highest BCUT2D eigenvalue weighted by Gasteiger charge is 2.39. The number of fused-ring (bicyclic) bond motifs is 4. The fourth-order valence-corrected chi connectivity index (χ4v) is 6.65. The number of carbonyl (C=O) groups is 1. The summed E-state index contributed by atoms with van der Waals surface area (Å²) in [6, 6.07) is 16.2. The summed E-state index contributed by atoms with van der Waals surface area (Å²) in [5, 5.41) is 2.78. The van der Waals surface area contributed by atoms with Crippen molar-refractivity contribution in [1.82, 2.24) is 8.87 Å². The third-order valence-corrected chi connectivity index (χ3v) is 8.69. The summed E-state index contributed by atoms with van der Waals surface area (Å²) in [7, 11) is -0.718. The summed E-state index contributed by atoms with van der Waals surface area (Å²) in [6.07, 6.45) is 0.872. The average molecular weight is 510 g/mol. The third-order valence-electron chi connectivity index (χ3n) is 6.84. The maximum atomic E-state index is 13.4. The molecule has 2 bridgehead atoms. The lowest BCUT2D eigenvalue weighted by Gasteiger charge is -2.42. The molecule has 0 aliphatic carbocycles. The molecule has 3 aromatic rings. The molecule has 1 amide bonds. The van der Waals surface area contributed by atoms with Gasteiger partial charge in [-0.1, -0.05) is 6.07 Å². The Balaban J connectivity index is 1.31. The summed E-state index contributed by atoms with van der Waals surface area (Å²) >= 11 is 0. The van der Waals surface area contributed by atoms with E-state index in [4.69, 9.17) is 9.47 Å². The zero-order valence-corrected chi connectivity index (χ0v) is 20.8. The number of pyridine rings is 1. The van der Waals surface area contributed by atoms with Crippen molar-refractivity contribution >= 4 is 21.6 Å². The highest BCUT2D eigenvalue weighted by Crippen LogP contribution is 2.37. The van der Waals surface area contributed by atoms with Crippen LogP contribution in [0.2, 0.25) is 0 Å². The quantitative estimate of drug-likeness (QED) is 0.548. The summed E-state index contributed by atoms with van der Waals surface area (Å²) in [5.41, 5.74) is 1.71. The molecule has 2 unspecified atom stereocenters. The molecule has 9 nitrogen and oxygen atoms in total. The van der Waals surface area contributed by atoms with Crippen LogP contribution in [0.1, 0.15) is 28.4 Å². The number of amides is 1. The Bertz CT molecular complexity index is 1470. The minimum absolute atomic E-state index is 0.0128. The summed E-state index contributed by atoms with van der Waals surface area (Å²) in [6.45, 7) is 1.23. The Morgan fingerprint density at radius 3 is 2.42 bits per heavy atom. The van der Waals surface area contributed by atoms with Crippen molar-refractivity contribution in [3.8, 4) is 11.5 Å². The molecule has 1 N–H and O–H groups in total. The number of nitrogens with one attached hydrogen (secondary N) is 1. The van der Waals surface area contributed by atoms with Crippen molar-refractivity contribution in [2.75, 3.05) is 32.6 Å². The molecule has 2 aromatic carbocycles. The fourth-order valence-electron chi connectivity index (χ4n) is 5.09. The van der Waals surface area contributed by atoms with Crippen LogP contribution in [0.3, 0.4) is 0 Å². The second-order valence-electron chi connectivity index (χ2n) is 9.07. The van der Waals surface area contributed by atoms with Crippen LogP contribution in [-0.4, -0.2) is 50.5 Å². The molecule has 36 heavy (non-hydrogen) atoms. The molecule has 1 fully saturated rings. The normalized spacial score (nSPS) is 19.3. The van der Waals surface area contributed by atoms with E-state index in [1.54, 1.807) is 47.0 Å². The van der Waals surface area contributed by atoms with Gasteiger partial charge in [-0.25, -0.2) is 8.42 Å². The molecule has 0 radical (unpaired) electrons. The third kappa shape index (κ3) is 4.38. The molecular weight excluding hydrogens is 482 g/mol. The van der Waals surface area contributed by atoms with Crippen molar-refractivity contribution < 1.29 is 22.7 Å². The molecule has 0 spiro atoms. The Morgan fingerprint density at radius 2 is 1.69 bits per heavy atom. The van der Waals surface area contributed by atoms with E-state index >= 15 is 0 Å². The van der Waals surface area contributed by atoms with Gasteiger partial charge in [0.1, 0.15) is 0 Å². The van der Waals surface area contributed by atoms with E-state index in [0.717, 1.165) is 12.1 Å². The van der Waals surface area contributed by atoms with Gasteiger partial charge in [-0.3, -0.25) is 9.59 Å². The zero-order valence-electron chi connectivity index (χ0n) is 20.0. The van der Waals surface area contributed by atoms with Crippen LogP contribution in [0.15, 0.2) is 70.4 Å². The van der Waals surface area contributed by atoms with Crippen LogP contribution in [-0.2, 0) is 16.6 Å². The number of anilines is 1. The molecule has 5 rings (SSSR count). The molecule has 2 aliphatic rings. The van der Waals surface area contributed by atoms with E-state index in [1.807, 2.05) is 6.07 Å². The fraction of sp³-hybridized carbons (Fsp3) is 0.308. The van der Waals surface area contributed by atoms with E-state index in [9.17, 15) is 18.0 Å². The first-order valence-corrected chi connectivity index (χ1v) is 13.1. The van der Waals surface area contributed by atoms with Crippen molar-refractivity contribution in [3.05, 3.63) is 82.3 Å². The Labute approximate surface area is 209 Å². The van der Waals surface area contributed by atoms with Gasteiger partial charge in [0, 0.05) is 48.6 Å². The van der Waals surface area contributed by atoms with Gasteiger partial charge >= 0.3 is 0 Å².